The lowest BCUT2D eigenvalue weighted by molar-refractivity contribution is -0.120. The van der Waals surface area contributed by atoms with Crippen LogP contribution in [0.15, 0.2) is 23.2 Å². The van der Waals surface area contributed by atoms with Gasteiger partial charge in [-0.2, -0.15) is 0 Å². The van der Waals surface area contributed by atoms with Crippen LogP contribution in [0.2, 0.25) is 0 Å². The predicted molar refractivity (Wildman–Crippen MR) is 105 cm³/mol. The summed E-state index contributed by atoms with van der Waals surface area (Å²) in [5, 5.41) is 9.14. The molecule has 1 aliphatic rings. The number of halogens is 1. The zero-order valence-electron chi connectivity index (χ0n) is 16.5. The lowest BCUT2D eigenvalue weighted by atomic mass is 10.1. The molecule has 1 atom stereocenters. The standard InChI is InChI=1S/C20H31FN4O2/c1-4-10-23-19(26)9-11-24-20(22-3)25-14(2)16-7-8-18(17(21)12-16)27-13-15-5-6-15/h7-8,12,14-15H,4-6,9-11,13H2,1-3H3,(H,23,26)(H2,22,24,25). The van der Waals surface area contributed by atoms with Crippen molar-refractivity contribution in [3.05, 3.63) is 29.6 Å². The molecule has 0 aliphatic heterocycles. The molecule has 1 aliphatic carbocycles. The topological polar surface area (TPSA) is 74.8 Å². The van der Waals surface area contributed by atoms with Crippen LogP contribution < -0.4 is 20.7 Å². The Morgan fingerprint density at radius 3 is 2.74 bits per heavy atom. The van der Waals surface area contributed by atoms with Gasteiger partial charge in [-0.15, -0.1) is 0 Å². The van der Waals surface area contributed by atoms with Gasteiger partial charge in [0.25, 0.3) is 0 Å². The number of nitrogens with zero attached hydrogens (tertiary/aromatic N) is 1. The Kier molecular flexibility index (Phi) is 8.36. The Balaban J connectivity index is 1.80. The fraction of sp³-hybridized carbons (Fsp3) is 0.600. The molecule has 1 saturated carbocycles. The molecule has 3 N–H and O–H groups in total. The van der Waals surface area contributed by atoms with Gasteiger partial charge < -0.3 is 20.7 Å². The summed E-state index contributed by atoms with van der Waals surface area (Å²) >= 11 is 0. The summed E-state index contributed by atoms with van der Waals surface area (Å²) in [7, 11) is 1.66. The van der Waals surface area contributed by atoms with Crippen LogP contribution in [0.25, 0.3) is 0 Å². The van der Waals surface area contributed by atoms with E-state index < -0.39 is 0 Å². The Hall–Kier alpha value is -2.31. The Morgan fingerprint density at radius 1 is 1.33 bits per heavy atom. The van der Waals surface area contributed by atoms with Gasteiger partial charge in [-0.3, -0.25) is 9.79 Å². The van der Waals surface area contributed by atoms with Gasteiger partial charge in [0, 0.05) is 26.6 Å². The third kappa shape index (κ3) is 7.45. The minimum Gasteiger partial charge on any atom is -0.490 e. The molecule has 1 aromatic carbocycles. The Bertz CT molecular complexity index is 647. The summed E-state index contributed by atoms with van der Waals surface area (Å²) in [6.45, 7) is 5.70. The van der Waals surface area contributed by atoms with Gasteiger partial charge in [-0.1, -0.05) is 13.0 Å². The maximum absolute atomic E-state index is 14.3. The number of carbonyl (C=O) groups excluding carboxylic acids is 1. The van der Waals surface area contributed by atoms with Gasteiger partial charge >= 0.3 is 0 Å². The van der Waals surface area contributed by atoms with Crippen molar-refractivity contribution < 1.29 is 13.9 Å². The van der Waals surface area contributed by atoms with E-state index in [9.17, 15) is 9.18 Å². The van der Waals surface area contributed by atoms with Crippen molar-refractivity contribution in [1.82, 2.24) is 16.0 Å². The van der Waals surface area contributed by atoms with Crippen molar-refractivity contribution >= 4 is 11.9 Å². The van der Waals surface area contributed by atoms with Crippen molar-refractivity contribution in [1.29, 1.82) is 0 Å². The number of guanidine groups is 1. The summed E-state index contributed by atoms with van der Waals surface area (Å²) in [4.78, 5) is 15.8. The largest absolute Gasteiger partial charge is 0.490 e. The molecular formula is C20H31FN4O2. The molecule has 0 radical (unpaired) electrons. The lowest BCUT2D eigenvalue weighted by Gasteiger charge is -2.19. The minimum absolute atomic E-state index is 0.0108. The normalized spacial score (nSPS) is 15.2. The van der Waals surface area contributed by atoms with Crippen molar-refractivity contribution in [2.45, 2.75) is 45.6 Å². The van der Waals surface area contributed by atoms with E-state index in [0.29, 0.717) is 43.7 Å². The maximum Gasteiger partial charge on any atom is 0.221 e. The second-order valence-electron chi connectivity index (χ2n) is 6.91. The number of nitrogens with one attached hydrogen (secondary N) is 3. The molecule has 27 heavy (non-hydrogen) atoms. The molecule has 6 nitrogen and oxygen atoms in total. The third-order valence-electron chi connectivity index (χ3n) is 4.42. The molecule has 1 aromatic rings. The minimum atomic E-state index is -0.350. The second kappa shape index (κ2) is 10.7. The van der Waals surface area contributed by atoms with Crippen LogP contribution in [0.3, 0.4) is 0 Å². The summed E-state index contributed by atoms with van der Waals surface area (Å²) < 4.78 is 19.8. The first kappa shape index (κ1) is 21.0. The van der Waals surface area contributed by atoms with Gasteiger partial charge in [-0.05, 0) is 49.8 Å². The van der Waals surface area contributed by atoms with E-state index in [1.165, 1.54) is 18.9 Å². The highest BCUT2D eigenvalue weighted by Gasteiger charge is 2.22. The highest BCUT2D eigenvalue weighted by Crippen LogP contribution is 2.30. The first-order valence-corrected chi connectivity index (χ1v) is 9.69. The summed E-state index contributed by atoms with van der Waals surface area (Å²) in [5.74, 6) is 1.12. The molecule has 0 saturated heterocycles. The molecule has 1 amide bonds. The van der Waals surface area contributed by atoms with E-state index in [0.717, 1.165) is 12.0 Å². The van der Waals surface area contributed by atoms with Gasteiger partial charge in [-0.25, -0.2) is 4.39 Å². The number of amides is 1. The SMILES string of the molecule is CCCNC(=O)CCNC(=NC)NC(C)c1ccc(OCC2CC2)c(F)c1. The molecule has 0 aromatic heterocycles. The fourth-order valence-corrected chi connectivity index (χ4v) is 2.53. The molecule has 0 bridgehead atoms. The first-order chi connectivity index (χ1) is 13.0. The highest BCUT2D eigenvalue weighted by molar-refractivity contribution is 5.81. The molecule has 0 heterocycles. The van der Waals surface area contributed by atoms with Crippen LogP contribution >= 0.6 is 0 Å². The fourth-order valence-electron chi connectivity index (χ4n) is 2.53. The molecule has 0 spiro atoms. The van der Waals surface area contributed by atoms with Crippen molar-refractivity contribution in [3.8, 4) is 5.75 Å². The van der Waals surface area contributed by atoms with Gasteiger partial charge in [0.15, 0.2) is 17.5 Å². The van der Waals surface area contributed by atoms with Crippen LogP contribution in [-0.2, 0) is 4.79 Å². The lowest BCUT2D eigenvalue weighted by Crippen LogP contribution is -2.40. The number of ether oxygens (including phenoxy) is 1. The van der Waals surface area contributed by atoms with Gasteiger partial charge in [0.05, 0.1) is 12.6 Å². The van der Waals surface area contributed by atoms with E-state index in [2.05, 4.69) is 20.9 Å². The summed E-state index contributed by atoms with van der Waals surface area (Å²) in [6.07, 6.45) is 3.64. The molecule has 1 fully saturated rings. The summed E-state index contributed by atoms with van der Waals surface area (Å²) in [6, 6.07) is 4.89. The number of benzene rings is 1. The summed E-state index contributed by atoms with van der Waals surface area (Å²) in [5.41, 5.74) is 0.801. The number of hydrogen-bond acceptors (Lipinski definition) is 3. The smallest absolute Gasteiger partial charge is 0.221 e. The monoisotopic (exact) mass is 378 g/mol. The van der Waals surface area contributed by atoms with Crippen LogP contribution in [0, 0.1) is 11.7 Å². The van der Waals surface area contributed by atoms with E-state index >= 15 is 0 Å². The van der Waals surface area contributed by atoms with Crippen molar-refractivity contribution in [2.75, 3.05) is 26.7 Å². The molecule has 1 unspecified atom stereocenters. The van der Waals surface area contributed by atoms with Crippen molar-refractivity contribution in [2.24, 2.45) is 10.9 Å². The van der Waals surface area contributed by atoms with E-state index in [4.69, 9.17) is 4.74 Å². The average Bonchev–Trinajstić information content (AvgIpc) is 3.48. The molecule has 150 valence electrons. The average molecular weight is 378 g/mol. The van der Waals surface area contributed by atoms with Gasteiger partial charge in [0.2, 0.25) is 5.91 Å². The number of aliphatic imine (C=N–C) groups is 1. The van der Waals surface area contributed by atoms with E-state index in [1.54, 1.807) is 13.1 Å². The molecular weight excluding hydrogens is 347 g/mol. The van der Waals surface area contributed by atoms with E-state index in [-0.39, 0.29) is 17.8 Å². The Labute approximate surface area is 161 Å². The predicted octanol–water partition coefficient (Wildman–Crippen LogP) is 2.76. The van der Waals surface area contributed by atoms with Crippen LogP contribution in [0.1, 0.15) is 51.1 Å². The van der Waals surface area contributed by atoms with Gasteiger partial charge in [0.1, 0.15) is 0 Å². The van der Waals surface area contributed by atoms with Crippen LogP contribution in [0.4, 0.5) is 4.39 Å². The zero-order valence-corrected chi connectivity index (χ0v) is 16.5. The Morgan fingerprint density at radius 2 is 2.11 bits per heavy atom. The quantitative estimate of drug-likeness (QED) is 0.432. The van der Waals surface area contributed by atoms with Crippen molar-refractivity contribution in [3.63, 3.8) is 0 Å². The third-order valence-corrected chi connectivity index (χ3v) is 4.42. The second-order valence-corrected chi connectivity index (χ2v) is 6.91. The van der Waals surface area contributed by atoms with E-state index in [1.807, 2.05) is 19.9 Å². The number of hydrogen-bond donors (Lipinski definition) is 3. The zero-order chi connectivity index (χ0) is 19.6. The maximum atomic E-state index is 14.3. The number of carbonyl (C=O) groups is 1. The van der Waals surface area contributed by atoms with Crippen LogP contribution in [-0.4, -0.2) is 38.6 Å². The highest BCUT2D eigenvalue weighted by atomic mass is 19.1. The first-order valence-electron chi connectivity index (χ1n) is 9.69. The molecule has 2 rings (SSSR count). The van der Waals surface area contributed by atoms with Crippen LogP contribution in [0.5, 0.6) is 5.75 Å². The molecule has 7 heteroatoms. The number of rotatable bonds is 10.